The van der Waals surface area contributed by atoms with Crippen LogP contribution in [0.15, 0.2) is 24.3 Å². The van der Waals surface area contributed by atoms with Gasteiger partial charge in [0.25, 0.3) is 0 Å². The van der Waals surface area contributed by atoms with Crippen LogP contribution in [-0.2, 0) is 16.0 Å². The Morgan fingerprint density at radius 1 is 1.35 bits per heavy atom. The van der Waals surface area contributed by atoms with Crippen LogP contribution in [0.3, 0.4) is 0 Å². The minimum atomic E-state index is -0.0363. The maximum absolute atomic E-state index is 11.8. The molecule has 0 radical (unpaired) electrons. The maximum atomic E-state index is 11.8. The van der Waals surface area contributed by atoms with Gasteiger partial charge >= 0.3 is 0 Å². The Morgan fingerprint density at radius 2 is 2.15 bits per heavy atom. The highest BCUT2D eigenvalue weighted by atomic mass is 35.5. The number of benzene rings is 1. The molecule has 0 bridgehead atoms. The average molecular weight is 295 g/mol. The molecular formula is C15H19ClN2O2. The molecule has 4 nitrogen and oxygen atoms in total. The van der Waals surface area contributed by atoms with E-state index in [9.17, 15) is 9.59 Å². The van der Waals surface area contributed by atoms with E-state index in [0.29, 0.717) is 24.4 Å². The van der Waals surface area contributed by atoms with Crippen LogP contribution in [0.2, 0.25) is 5.02 Å². The summed E-state index contributed by atoms with van der Waals surface area (Å²) in [7, 11) is 0. The van der Waals surface area contributed by atoms with Gasteiger partial charge in [0.15, 0.2) is 0 Å². The highest BCUT2D eigenvalue weighted by Gasteiger charge is 2.19. The standard InChI is InChI=1S/C15H19ClN2O2/c16-13-6-2-1-5-12(13)11-14(19)17-8-4-10-18-9-3-7-15(18)20/h1-2,5-6H,3-4,7-11H2,(H,17,19). The Labute approximate surface area is 124 Å². The van der Waals surface area contributed by atoms with Crippen molar-refractivity contribution in [2.24, 2.45) is 0 Å². The first-order valence-electron chi connectivity index (χ1n) is 6.94. The minimum Gasteiger partial charge on any atom is -0.356 e. The third-order valence-corrected chi connectivity index (χ3v) is 3.78. The zero-order chi connectivity index (χ0) is 14.4. The van der Waals surface area contributed by atoms with Gasteiger partial charge < -0.3 is 10.2 Å². The predicted octanol–water partition coefficient (Wildman–Crippen LogP) is 2.01. The van der Waals surface area contributed by atoms with Crippen LogP contribution in [-0.4, -0.2) is 36.3 Å². The fourth-order valence-electron chi connectivity index (χ4n) is 2.32. The maximum Gasteiger partial charge on any atom is 0.224 e. The Morgan fingerprint density at radius 3 is 2.85 bits per heavy atom. The second-order valence-corrected chi connectivity index (χ2v) is 5.36. The molecule has 1 fully saturated rings. The fourth-order valence-corrected chi connectivity index (χ4v) is 2.52. The van der Waals surface area contributed by atoms with Gasteiger partial charge in [-0.05, 0) is 24.5 Å². The summed E-state index contributed by atoms with van der Waals surface area (Å²) in [4.78, 5) is 25.0. The van der Waals surface area contributed by atoms with E-state index in [1.165, 1.54) is 0 Å². The lowest BCUT2D eigenvalue weighted by Gasteiger charge is -2.15. The van der Waals surface area contributed by atoms with Crippen LogP contribution in [0.1, 0.15) is 24.8 Å². The summed E-state index contributed by atoms with van der Waals surface area (Å²) in [5.41, 5.74) is 0.835. The summed E-state index contributed by atoms with van der Waals surface area (Å²) in [5.74, 6) is 0.193. The van der Waals surface area contributed by atoms with E-state index in [0.717, 1.165) is 31.5 Å². The molecule has 1 N–H and O–H groups in total. The first-order chi connectivity index (χ1) is 9.66. The molecular weight excluding hydrogens is 276 g/mol. The molecule has 5 heteroatoms. The number of amides is 2. The second-order valence-electron chi connectivity index (χ2n) is 4.96. The van der Waals surface area contributed by atoms with Crippen molar-refractivity contribution < 1.29 is 9.59 Å². The molecule has 0 spiro atoms. The summed E-state index contributed by atoms with van der Waals surface area (Å²) >= 11 is 6.01. The number of likely N-dealkylation sites (tertiary alicyclic amines) is 1. The van der Waals surface area contributed by atoms with Crippen molar-refractivity contribution in [2.75, 3.05) is 19.6 Å². The smallest absolute Gasteiger partial charge is 0.224 e. The van der Waals surface area contributed by atoms with Crippen LogP contribution in [0.25, 0.3) is 0 Å². The van der Waals surface area contributed by atoms with Crippen LogP contribution >= 0.6 is 11.6 Å². The van der Waals surface area contributed by atoms with Gasteiger partial charge in [0.2, 0.25) is 11.8 Å². The zero-order valence-corrected chi connectivity index (χ0v) is 12.2. The zero-order valence-electron chi connectivity index (χ0n) is 11.4. The summed E-state index contributed by atoms with van der Waals surface area (Å²) in [6, 6.07) is 7.35. The second kappa shape index (κ2) is 7.29. The summed E-state index contributed by atoms with van der Waals surface area (Å²) in [6.07, 6.45) is 2.71. The molecule has 108 valence electrons. The molecule has 2 amide bonds. The van der Waals surface area contributed by atoms with E-state index < -0.39 is 0 Å². The third kappa shape index (κ3) is 4.23. The van der Waals surface area contributed by atoms with Crippen molar-refractivity contribution in [2.45, 2.75) is 25.7 Å². The van der Waals surface area contributed by atoms with Crippen LogP contribution in [0, 0.1) is 0 Å². The van der Waals surface area contributed by atoms with Crippen molar-refractivity contribution in [3.8, 4) is 0 Å². The molecule has 1 aromatic rings. The molecule has 1 aliphatic rings. The number of halogens is 1. The van der Waals surface area contributed by atoms with Crippen LogP contribution in [0.4, 0.5) is 0 Å². The van der Waals surface area contributed by atoms with Gasteiger partial charge in [-0.25, -0.2) is 0 Å². The molecule has 0 unspecified atom stereocenters. The van der Waals surface area contributed by atoms with E-state index in [4.69, 9.17) is 11.6 Å². The number of hydrogen-bond donors (Lipinski definition) is 1. The Hall–Kier alpha value is -1.55. The largest absolute Gasteiger partial charge is 0.356 e. The topological polar surface area (TPSA) is 49.4 Å². The van der Waals surface area contributed by atoms with E-state index >= 15 is 0 Å². The molecule has 1 saturated heterocycles. The Balaban J connectivity index is 1.65. The van der Waals surface area contributed by atoms with Gasteiger partial charge in [-0.2, -0.15) is 0 Å². The monoisotopic (exact) mass is 294 g/mol. The summed E-state index contributed by atoms with van der Waals surface area (Å²) < 4.78 is 0. The van der Waals surface area contributed by atoms with E-state index in [2.05, 4.69) is 5.32 Å². The lowest BCUT2D eigenvalue weighted by molar-refractivity contribution is -0.127. The van der Waals surface area contributed by atoms with Crippen molar-refractivity contribution in [1.29, 1.82) is 0 Å². The SMILES string of the molecule is O=C(Cc1ccccc1Cl)NCCCN1CCCC1=O. The lowest BCUT2D eigenvalue weighted by Crippen LogP contribution is -2.31. The van der Waals surface area contributed by atoms with E-state index in [1.54, 1.807) is 6.07 Å². The van der Waals surface area contributed by atoms with E-state index in [-0.39, 0.29) is 11.8 Å². The molecule has 1 heterocycles. The summed E-state index contributed by atoms with van der Waals surface area (Å²) in [5, 5.41) is 3.48. The summed E-state index contributed by atoms with van der Waals surface area (Å²) in [6.45, 7) is 2.17. The number of hydrogen-bond acceptors (Lipinski definition) is 2. The van der Waals surface area contributed by atoms with Gasteiger partial charge in [0.1, 0.15) is 0 Å². The highest BCUT2D eigenvalue weighted by Crippen LogP contribution is 2.15. The average Bonchev–Trinajstić information content (AvgIpc) is 2.83. The molecule has 20 heavy (non-hydrogen) atoms. The van der Waals surface area contributed by atoms with Crippen molar-refractivity contribution in [1.82, 2.24) is 10.2 Å². The van der Waals surface area contributed by atoms with Gasteiger partial charge in [-0.1, -0.05) is 29.8 Å². The third-order valence-electron chi connectivity index (χ3n) is 3.41. The molecule has 0 aromatic heterocycles. The first-order valence-corrected chi connectivity index (χ1v) is 7.32. The number of carbonyl (C=O) groups is 2. The Kier molecular flexibility index (Phi) is 5.41. The molecule has 0 saturated carbocycles. The number of nitrogens with one attached hydrogen (secondary N) is 1. The van der Waals surface area contributed by atoms with E-state index in [1.807, 2.05) is 23.1 Å². The van der Waals surface area contributed by atoms with Gasteiger partial charge in [0, 0.05) is 31.1 Å². The first kappa shape index (κ1) is 14.9. The van der Waals surface area contributed by atoms with Gasteiger partial charge in [0.05, 0.1) is 6.42 Å². The highest BCUT2D eigenvalue weighted by molar-refractivity contribution is 6.31. The molecule has 1 aromatic carbocycles. The molecule has 0 atom stereocenters. The van der Waals surface area contributed by atoms with Gasteiger partial charge in [-0.15, -0.1) is 0 Å². The quantitative estimate of drug-likeness (QED) is 0.816. The minimum absolute atomic E-state index is 0.0363. The van der Waals surface area contributed by atoms with Crippen LogP contribution in [0.5, 0.6) is 0 Å². The lowest BCUT2D eigenvalue weighted by atomic mass is 10.1. The Bertz CT molecular complexity index is 491. The molecule has 0 aliphatic carbocycles. The fraction of sp³-hybridized carbons (Fsp3) is 0.467. The predicted molar refractivity (Wildman–Crippen MR) is 78.6 cm³/mol. The number of nitrogens with zero attached hydrogens (tertiary/aromatic N) is 1. The van der Waals surface area contributed by atoms with Crippen molar-refractivity contribution in [3.05, 3.63) is 34.9 Å². The van der Waals surface area contributed by atoms with Gasteiger partial charge in [-0.3, -0.25) is 9.59 Å². The molecule has 2 rings (SSSR count). The molecule has 1 aliphatic heterocycles. The number of carbonyl (C=O) groups excluding carboxylic acids is 2. The normalized spacial score (nSPS) is 14.7. The van der Waals surface area contributed by atoms with Crippen molar-refractivity contribution in [3.63, 3.8) is 0 Å². The van der Waals surface area contributed by atoms with Crippen LogP contribution < -0.4 is 5.32 Å². The van der Waals surface area contributed by atoms with Crippen molar-refractivity contribution >= 4 is 23.4 Å². The number of rotatable bonds is 6.